The van der Waals surface area contributed by atoms with Gasteiger partial charge in [-0.1, -0.05) is 33.0 Å². The quantitative estimate of drug-likeness (QED) is 0.181. The van der Waals surface area contributed by atoms with Gasteiger partial charge in [-0.3, -0.25) is 9.59 Å². The van der Waals surface area contributed by atoms with Gasteiger partial charge in [-0.2, -0.15) is 0 Å². The van der Waals surface area contributed by atoms with Gasteiger partial charge in [-0.05, 0) is 57.5 Å². The molecule has 43 heavy (non-hydrogen) atoms. The van der Waals surface area contributed by atoms with Crippen molar-refractivity contribution >= 4 is 37.0 Å². The molecule has 3 aromatic rings. The van der Waals surface area contributed by atoms with Gasteiger partial charge < -0.3 is 29.2 Å². The van der Waals surface area contributed by atoms with Crippen molar-refractivity contribution in [2.24, 2.45) is 0 Å². The summed E-state index contributed by atoms with van der Waals surface area (Å²) in [6, 6.07) is 9.21. The molecule has 1 aromatic carbocycles. The molecular weight excluding hydrogens is 570 g/mol. The molecule has 2 aromatic heterocycles. The Bertz CT molecular complexity index is 1720. The molecule has 2 atom stereocenters. The number of nitrogens with zero attached hydrogens (tertiary/aromatic N) is 2. The van der Waals surface area contributed by atoms with Crippen LogP contribution < -0.4 is 10.9 Å². The molecule has 0 radical (unpaired) electrons. The van der Waals surface area contributed by atoms with Gasteiger partial charge in [0.25, 0.3) is 5.56 Å². The number of nitrogens with one attached hydrogen (secondary N) is 1. The summed E-state index contributed by atoms with van der Waals surface area (Å²) in [5, 5.41) is 13.1. The lowest BCUT2D eigenvalue weighted by Gasteiger charge is -2.43. The van der Waals surface area contributed by atoms with E-state index < -0.39 is 49.6 Å². The highest BCUT2D eigenvalue weighted by molar-refractivity contribution is 6.78. The molecule has 2 N–H and O–H groups in total. The maximum absolute atomic E-state index is 14.4. The Balaban J connectivity index is 1.64. The number of phenols is 1. The van der Waals surface area contributed by atoms with Crippen LogP contribution >= 0.6 is 0 Å². The number of amides is 1. The van der Waals surface area contributed by atoms with Gasteiger partial charge in [-0.25, -0.2) is 14.6 Å². The lowest BCUT2D eigenvalue weighted by Crippen LogP contribution is -2.54. The van der Waals surface area contributed by atoms with Crippen molar-refractivity contribution < 1.29 is 33.7 Å². The largest absolute Gasteiger partial charge is 0.508 e. The van der Waals surface area contributed by atoms with Gasteiger partial charge >= 0.3 is 18.0 Å². The first-order valence-corrected chi connectivity index (χ1v) is 17.7. The van der Waals surface area contributed by atoms with Gasteiger partial charge in [0.1, 0.15) is 31.7 Å². The lowest BCUT2D eigenvalue weighted by atomic mass is 9.85. The van der Waals surface area contributed by atoms with E-state index in [1.807, 2.05) is 13.0 Å². The Morgan fingerprint density at radius 1 is 1.19 bits per heavy atom. The predicted octanol–water partition coefficient (Wildman–Crippen LogP) is 4.67. The number of ether oxygens (including phenoxy) is 3. The molecule has 0 saturated heterocycles. The molecule has 2 unspecified atom stereocenters. The number of carbonyl (C=O) groups excluding carboxylic acids is 3. The average Bonchev–Trinajstić information content (AvgIpc) is 3.28. The van der Waals surface area contributed by atoms with Crippen LogP contribution in [0.4, 0.5) is 4.79 Å². The van der Waals surface area contributed by atoms with Crippen LogP contribution in [-0.4, -0.2) is 52.9 Å². The van der Waals surface area contributed by atoms with Crippen molar-refractivity contribution in [1.29, 1.82) is 0 Å². The minimum absolute atomic E-state index is 0.00197. The van der Waals surface area contributed by atoms with Crippen molar-refractivity contribution in [3.8, 4) is 17.1 Å². The summed E-state index contributed by atoms with van der Waals surface area (Å²) in [6.45, 7) is 12.6. The standard InChI is InChI=1S/C31H37N3O8Si/c1-8-31(41-23(36)15-32-29(39)42-30(3,4)5)20-14-22-25-18(12-17-13-19(35)10-11-21(17)33-25)16-34(22)26(37)24(20)27(40-28(31)38)43(6,7)9-2/h10-14,27,35H,8-9,15-16H2,1-7H3,(H,32,39). The van der Waals surface area contributed by atoms with E-state index in [4.69, 9.17) is 19.2 Å². The van der Waals surface area contributed by atoms with Gasteiger partial charge in [-0.15, -0.1) is 0 Å². The molecule has 1 amide bonds. The smallest absolute Gasteiger partial charge is 0.408 e. The highest BCUT2D eigenvalue weighted by Gasteiger charge is 2.55. The Labute approximate surface area is 250 Å². The number of aromatic hydroxyl groups is 1. The molecule has 0 spiro atoms. The summed E-state index contributed by atoms with van der Waals surface area (Å²) < 4.78 is 18.7. The van der Waals surface area contributed by atoms with E-state index in [9.17, 15) is 24.3 Å². The van der Waals surface area contributed by atoms with Gasteiger partial charge in [0.05, 0.1) is 29.0 Å². The zero-order chi connectivity index (χ0) is 31.5. The molecular formula is C31H37N3O8Si. The Morgan fingerprint density at radius 2 is 1.91 bits per heavy atom. The number of benzene rings is 1. The van der Waals surface area contributed by atoms with Crippen molar-refractivity contribution in [3.63, 3.8) is 0 Å². The third-order valence-electron chi connectivity index (χ3n) is 8.22. The zero-order valence-corrected chi connectivity index (χ0v) is 26.5. The summed E-state index contributed by atoms with van der Waals surface area (Å²) in [4.78, 5) is 58.3. The number of aromatic nitrogens is 2. The first kappa shape index (κ1) is 30.3. The maximum Gasteiger partial charge on any atom is 0.408 e. The van der Waals surface area contributed by atoms with Crippen molar-refractivity contribution in [2.75, 3.05) is 6.54 Å². The summed E-state index contributed by atoms with van der Waals surface area (Å²) in [7, 11) is -2.34. The average molecular weight is 608 g/mol. The number of carbonyl (C=O) groups is 3. The van der Waals surface area contributed by atoms with Crippen LogP contribution in [0.2, 0.25) is 19.1 Å². The van der Waals surface area contributed by atoms with Crippen LogP contribution in [0.3, 0.4) is 0 Å². The summed E-state index contributed by atoms with van der Waals surface area (Å²) in [6.07, 6.45) is -0.811. The van der Waals surface area contributed by atoms with E-state index in [0.717, 1.165) is 17.0 Å². The molecule has 0 bridgehead atoms. The summed E-state index contributed by atoms with van der Waals surface area (Å²) in [5.41, 5.74) is -0.671. The van der Waals surface area contributed by atoms with E-state index in [-0.39, 0.29) is 29.8 Å². The molecule has 12 heteroatoms. The summed E-state index contributed by atoms with van der Waals surface area (Å²) >= 11 is 0. The van der Waals surface area contributed by atoms with Crippen LogP contribution in [0.1, 0.15) is 63.5 Å². The topological polar surface area (TPSA) is 146 Å². The molecule has 2 aliphatic rings. The van der Waals surface area contributed by atoms with Gasteiger partial charge in [0, 0.05) is 16.5 Å². The predicted molar refractivity (Wildman–Crippen MR) is 161 cm³/mol. The van der Waals surface area contributed by atoms with E-state index in [1.165, 1.54) is 0 Å². The van der Waals surface area contributed by atoms with Crippen LogP contribution in [0.25, 0.3) is 22.3 Å². The Kier molecular flexibility index (Phi) is 7.40. The fourth-order valence-electron chi connectivity index (χ4n) is 5.62. The number of fused-ring (bicyclic) bond motifs is 5. The van der Waals surface area contributed by atoms with E-state index >= 15 is 0 Å². The molecule has 11 nitrogen and oxygen atoms in total. The number of alkyl carbamates (subject to hydrolysis) is 1. The fourth-order valence-corrected chi connectivity index (χ4v) is 7.48. The number of hydrogen-bond donors (Lipinski definition) is 2. The number of phenolic OH excluding ortho intramolecular Hbond substituents is 1. The van der Waals surface area contributed by atoms with Gasteiger partial charge in [0.2, 0.25) is 5.60 Å². The SMILES string of the molecule is CCC1(OC(=O)CNC(=O)OC(C)(C)C)C(=O)OC([Si](C)(C)CC)c2c1cc1n(c2=O)Cc2cc3cc(O)ccc3nc2-1. The monoisotopic (exact) mass is 607 g/mol. The first-order chi connectivity index (χ1) is 20.1. The van der Waals surface area contributed by atoms with E-state index in [2.05, 4.69) is 18.4 Å². The van der Waals surface area contributed by atoms with E-state index in [0.29, 0.717) is 22.5 Å². The lowest BCUT2D eigenvalue weighted by molar-refractivity contribution is -0.190. The molecule has 0 fully saturated rings. The highest BCUT2D eigenvalue weighted by atomic mass is 28.3. The molecule has 5 rings (SSSR count). The second kappa shape index (κ2) is 10.5. The second-order valence-electron chi connectivity index (χ2n) is 12.8. The van der Waals surface area contributed by atoms with Crippen molar-refractivity contribution in [3.05, 3.63) is 57.4 Å². The molecule has 4 heterocycles. The minimum atomic E-state index is -2.34. The van der Waals surface area contributed by atoms with Crippen LogP contribution in [-0.2, 0) is 35.9 Å². The third-order valence-corrected chi connectivity index (χ3v) is 11.9. The van der Waals surface area contributed by atoms with Gasteiger partial charge in [0.15, 0.2) is 0 Å². The third kappa shape index (κ3) is 5.28. The fraction of sp³-hybridized carbons (Fsp3) is 0.452. The molecule has 0 aliphatic carbocycles. The number of esters is 2. The molecule has 0 saturated carbocycles. The van der Waals surface area contributed by atoms with Crippen molar-refractivity contribution in [1.82, 2.24) is 14.9 Å². The Morgan fingerprint density at radius 3 is 2.56 bits per heavy atom. The number of pyridine rings is 2. The van der Waals surface area contributed by atoms with Crippen LogP contribution in [0, 0.1) is 0 Å². The maximum atomic E-state index is 14.4. The highest BCUT2D eigenvalue weighted by Crippen LogP contribution is 2.47. The number of hydrogen-bond acceptors (Lipinski definition) is 9. The van der Waals surface area contributed by atoms with Crippen LogP contribution in [0.5, 0.6) is 5.75 Å². The normalized spacial score (nSPS) is 19.2. The molecule has 228 valence electrons. The number of cyclic esters (lactones) is 1. The minimum Gasteiger partial charge on any atom is -0.508 e. The Hall–Kier alpha value is -4.19. The van der Waals surface area contributed by atoms with Crippen LogP contribution in [0.15, 0.2) is 35.1 Å². The molecule has 2 aliphatic heterocycles. The van der Waals surface area contributed by atoms with Crippen molar-refractivity contribution in [2.45, 2.75) is 83.7 Å². The summed E-state index contributed by atoms with van der Waals surface area (Å²) in [5.74, 6) is -1.53. The second-order valence-corrected chi connectivity index (χ2v) is 18.0. The van der Waals surface area contributed by atoms with E-state index in [1.54, 1.807) is 56.5 Å². The zero-order valence-electron chi connectivity index (χ0n) is 25.5. The first-order valence-electron chi connectivity index (χ1n) is 14.4. The number of rotatable bonds is 6.